The van der Waals surface area contributed by atoms with Gasteiger partial charge in [0.05, 0.1) is 17.3 Å². The third kappa shape index (κ3) is 6.06. The summed E-state index contributed by atoms with van der Waals surface area (Å²) < 4.78 is 22.5. The van der Waals surface area contributed by atoms with Gasteiger partial charge in [-0.2, -0.15) is 0 Å². The summed E-state index contributed by atoms with van der Waals surface area (Å²) in [5.74, 6) is 0.697. The monoisotopic (exact) mass is 295 g/mol. The molecule has 1 amide bonds. The summed E-state index contributed by atoms with van der Waals surface area (Å²) in [5, 5.41) is 11.6. The van der Waals surface area contributed by atoms with Crippen molar-refractivity contribution in [3.63, 3.8) is 0 Å². The molecule has 1 heterocycles. The Balaban J connectivity index is 2.17. The number of rotatable bonds is 7. The number of carbonyl (C=O) groups is 1. The van der Waals surface area contributed by atoms with E-state index in [-0.39, 0.29) is 35.3 Å². The third-order valence-electron chi connectivity index (χ3n) is 2.84. The minimum Gasteiger partial charge on any atom is -0.396 e. The van der Waals surface area contributed by atoms with Crippen molar-refractivity contribution >= 4 is 27.5 Å². The lowest BCUT2D eigenvalue weighted by molar-refractivity contribution is -0.119. The number of hydrogen-bond donors (Lipinski definition) is 2. The van der Waals surface area contributed by atoms with Gasteiger partial charge in [0.15, 0.2) is 9.84 Å². The van der Waals surface area contributed by atoms with Crippen molar-refractivity contribution in [2.75, 3.05) is 23.9 Å². The van der Waals surface area contributed by atoms with E-state index in [9.17, 15) is 13.2 Å². The smallest absolute Gasteiger partial charge is 0.230 e. The number of aliphatic hydroxyl groups excluding tert-OH is 1. The first kappa shape index (κ1) is 15.8. The van der Waals surface area contributed by atoms with Crippen molar-refractivity contribution in [2.45, 2.75) is 37.5 Å². The van der Waals surface area contributed by atoms with Crippen LogP contribution in [0.5, 0.6) is 0 Å². The number of hydrogen-bond acceptors (Lipinski definition) is 5. The third-order valence-corrected chi connectivity index (χ3v) is 6.12. The van der Waals surface area contributed by atoms with E-state index in [0.717, 1.165) is 6.42 Å². The van der Waals surface area contributed by atoms with Gasteiger partial charge < -0.3 is 10.4 Å². The summed E-state index contributed by atoms with van der Waals surface area (Å²) >= 11 is 1.42. The molecule has 2 N–H and O–H groups in total. The lowest BCUT2D eigenvalue weighted by Crippen LogP contribution is -2.34. The molecule has 2 unspecified atom stereocenters. The molecule has 1 aliphatic heterocycles. The Hall–Kier alpha value is -0.270. The average Bonchev–Trinajstić information content (AvgIpc) is 2.63. The molecule has 1 saturated heterocycles. The molecule has 0 bridgehead atoms. The highest BCUT2D eigenvalue weighted by Gasteiger charge is 2.28. The fourth-order valence-electron chi connectivity index (χ4n) is 1.87. The van der Waals surface area contributed by atoms with Crippen LogP contribution in [0, 0.1) is 0 Å². The average molecular weight is 295 g/mol. The number of nitrogens with one attached hydrogen (secondary N) is 1. The quantitative estimate of drug-likeness (QED) is 0.700. The van der Waals surface area contributed by atoms with Crippen molar-refractivity contribution in [1.82, 2.24) is 5.32 Å². The summed E-state index contributed by atoms with van der Waals surface area (Å²) in [7, 11) is -2.86. The molecule has 0 aromatic heterocycles. The van der Waals surface area contributed by atoms with Gasteiger partial charge in [0.2, 0.25) is 5.91 Å². The second-order valence-electron chi connectivity index (χ2n) is 4.67. The lowest BCUT2D eigenvalue weighted by atomic mass is 10.2. The van der Waals surface area contributed by atoms with Crippen molar-refractivity contribution in [3.05, 3.63) is 0 Å². The number of amides is 1. The molecule has 7 heteroatoms. The van der Waals surface area contributed by atoms with Gasteiger partial charge in [-0.25, -0.2) is 8.42 Å². The van der Waals surface area contributed by atoms with E-state index in [1.807, 2.05) is 6.92 Å². The fraction of sp³-hybridized carbons (Fsp3) is 0.909. The Morgan fingerprint density at radius 3 is 2.83 bits per heavy atom. The summed E-state index contributed by atoms with van der Waals surface area (Å²) in [6, 6.07) is 0.0533. The highest BCUT2D eigenvalue weighted by Crippen LogP contribution is 2.23. The van der Waals surface area contributed by atoms with Crippen LogP contribution in [0.3, 0.4) is 0 Å². The molecule has 18 heavy (non-hydrogen) atoms. The molecule has 0 radical (unpaired) electrons. The normalized spacial score (nSPS) is 23.8. The van der Waals surface area contributed by atoms with Gasteiger partial charge in [0, 0.05) is 17.9 Å². The Kier molecular flexibility index (Phi) is 6.45. The van der Waals surface area contributed by atoms with Crippen LogP contribution < -0.4 is 5.32 Å². The zero-order chi connectivity index (χ0) is 13.6. The summed E-state index contributed by atoms with van der Waals surface area (Å²) in [6.07, 6.45) is 2.08. The van der Waals surface area contributed by atoms with Gasteiger partial charge in [-0.15, -0.1) is 11.8 Å². The molecule has 1 fully saturated rings. The predicted octanol–water partition coefficient (Wildman–Crippen LogP) is 0.184. The molecule has 0 aromatic rings. The first-order valence-electron chi connectivity index (χ1n) is 6.15. The van der Waals surface area contributed by atoms with E-state index in [0.29, 0.717) is 18.6 Å². The maximum absolute atomic E-state index is 11.6. The second-order valence-corrected chi connectivity index (χ2v) is 8.19. The van der Waals surface area contributed by atoms with E-state index in [1.165, 1.54) is 11.8 Å². The highest BCUT2D eigenvalue weighted by molar-refractivity contribution is 8.02. The van der Waals surface area contributed by atoms with Crippen LogP contribution in [-0.4, -0.2) is 54.6 Å². The van der Waals surface area contributed by atoms with E-state index in [1.54, 1.807) is 0 Å². The molecule has 1 aliphatic rings. The Bertz CT molecular complexity index is 369. The largest absolute Gasteiger partial charge is 0.396 e. The van der Waals surface area contributed by atoms with Crippen molar-refractivity contribution in [1.29, 1.82) is 0 Å². The van der Waals surface area contributed by atoms with Crippen LogP contribution in [0.1, 0.15) is 26.2 Å². The topological polar surface area (TPSA) is 83.5 Å². The molecule has 0 aromatic carbocycles. The first-order chi connectivity index (χ1) is 8.43. The van der Waals surface area contributed by atoms with Crippen molar-refractivity contribution < 1.29 is 18.3 Å². The van der Waals surface area contributed by atoms with Gasteiger partial charge in [0.25, 0.3) is 0 Å². The zero-order valence-electron chi connectivity index (χ0n) is 10.6. The van der Waals surface area contributed by atoms with Crippen molar-refractivity contribution in [3.8, 4) is 0 Å². The minimum absolute atomic E-state index is 0.0533. The maximum atomic E-state index is 11.6. The Labute approximate surface area is 113 Å². The first-order valence-corrected chi connectivity index (χ1v) is 9.02. The lowest BCUT2D eigenvalue weighted by Gasteiger charge is -2.14. The Morgan fingerprint density at radius 2 is 2.28 bits per heavy atom. The highest BCUT2D eigenvalue weighted by atomic mass is 32.2. The zero-order valence-corrected chi connectivity index (χ0v) is 12.2. The molecular formula is C11H21NO4S2. The predicted molar refractivity (Wildman–Crippen MR) is 73.4 cm³/mol. The molecule has 1 rings (SSSR count). The molecule has 0 spiro atoms. The van der Waals surface area contributed by atoms with Gasteiger partial charge in [-0.3, -0.25) is 4.79 Å². The SMILES string of the molecule is CC(CCCO)NC(=O)CSC1CCS(=O)(=O)C1. The van der Waals surface area contributed by atoms with E-state index < -0.39 is 9.84 Å². The molecular weight excluding hydrogens is 274 g/mol. The van der Waals surface area contributed by atoms with Gasteiger partial charge in [-0.1, -0.05) is 0 Å². The number of carbonyl (C=O) groups excluding carboxylic acids is 1. The molecule has 0 aliphatic carbocycles. The van der Waals surface area contributed by atoms with Crippen LogP contribution in [0.25, 0.3) is 0 Å². The van der Waals surface area contributed by atoms with Crippen molar-refractivity contribution in [2.24, 2.45) is 0 Å². The van der Waals surface area contributed by atoms with Crippen LogP contribution >= 0.6 is 11.8 Å². The molecule has 2 atom stereocenters. The summed E-state index contributed by atoms with van der Waals surface area (Å²) in [4.78, 5) is 11.6. The maximum Gasteiger partial charge on any atom is 0.230 e. The van der Waals surface area contributed by atoms with Crippen LogP contribution in [0.4, 0.5) is 0 Å². The molecule has 0 saturated carbocycles. The molecule has 106 valence electrons. The van der Waals surface area contributed by atoms with E-state index >= 15 is 0 Å². The van der Waals surface area contributed by atoms with E-state index in [4.69, 9.17) is 5.11 Å². The number of sulfone groups is 1. The standard InChI is InChI=1S/C11H21NO4S2/c1-9(3-2-5-13)12-11(14)7-17-10-4-6-18(15,16)8-10/h9-10,13H,2-8H2,1H3,(H,12,14). The second kappa shape index (κ2) is 7.35. The summed E-state index contributed by atoms with van der Waals surface area (Å²) in [6.45, 7) is 2.03. The Morgan fingerprint density at radius 1 is 1.56 bits per heavy atom. The van der Waals surface area contributed by atoms with Crippen LogP contribution in [-0.2, 0) is 14.6 Å². The number of aliphatic hydroxyl groups is 1. The van der Waals surface area contributed by atoms with Gasteiger partial charge >= 0.3 is 0 Å². The van der Waals surface area contributed by atoms with E-state index in [2.05, 4.69) is 5.32 Å². The fourth-order valence-corrected chi connectivity index (χ4v) is 5.33. The molecule has 5 nitrogen and oxygen atoms in total. The van der Waals surface area contributed by atoms with Crippen LogP contribution in [0.2, 0.25) is 0 Å². The minimum atomic E-state index is -2.86. The summed E-state index contributed by atoms with van der Waals surface area (Å²) in [5.41, 5.74) is 0. The van der Waals surface area contributed by atoms with Gasteiger partial charge in [-0.05, 0) is 26.2 Å². The van der Waals surface area contributed by atoms with Crippen LogP contribution in [0.15, 0.2) is 0 Å². The number of thioether (sulfide) groups is 1. The van der Waals surface area contributed by atoms with Gasteiger partial charge in [0.1, 0.15) is 0 Å².